The molecule has 0 unspecified atom stereocenters. The van der Waals surface area contributed by atoms with Crippen LogP contribution in [0.2, 0.25) is 0 Å². The monoisotopic (exact) mass is 446 g/mol. The standard InChI is InChI=1S/C21H23FN4O2S2/c1-23-21(24-11-17-10-18(22)9-8-16(17)14-30(2,27)28)25-12-19-13-29-20(26-19)15-6-4-3-5-7-15/h3-10,13H,11-12,14H2,1-2H3,(H2,23,24,25). The Balaban J connectivity index is 1.61. The van der Waals surface area contributed by atoms with E-state index in [4.69, 9.17) is 0 Å². The second kappa shape index (κ2) is 9.82. The predicted molar refractivity (Wildman–Crippen MR) is 120 cm³/mol. The zero-order chi connectivity index (χ0) is 21.6. The van der Waals surface area contributed by atoms with Gasteiger partial charge in [0.05, 0.1) is 18.0 Å². The number of benzene rings is 2. The van der Waals surface area contributed by atoms with Crippen molar-refractivity contribution in [3.05, 3.63) is 76.5 Å². The Bertz CT molecular complexity index is 1130. The molecule has 9 heteroatoms. The van der Waals surface area contributed by atoms with E-state index >= 15 is 0 Å². The molecule has 0 aliphatic heterocycles. The van der Waals surface area contributed by atoms with Crippen LogP contribution < -0.4 is 10.6 Å². The maximum Gasteiger partial charge on any atom is 0.191 e. The smallest absolute Gasteiger partial charge is 0.191 e. The molecule has 0 aliphatic rings. The first kappa shape index (κ1) is 21.9. The summed E-state index contributed by atoms with van der Waals surface area (Å²) in [4.78, 5) is 8.80. The highest BCUT2D eigenvalue weighted by Crippen LogP contribution is 2.23. The summed E-state index contributed by atoms with van der Waals surface area (Å²) in [5.74, 6) is -0.0426. The van der Waals surface area contributed by atoms with Gasteiger partial charge < -0.3 is 10.6 Å². The summed E-state index contributed by atoms with van der Waals surface area (Å²) in [5, 5.41) is 9.21. The van der Waals surface area contributed by atoms with E-state index in [0.29, 0.717) is 23.6 Å². The lowest BCUT2D eigenvalue weighted by atomic mass is 10.1. The van der Waals surface area contributed by atoms with E-state index in [1.807, 2.05) is 35.7 Å². The highest BCUT2D eigenvalue weighted by molar-refractivity contribution is 7.89. The van der Waals surface area contributed by atoms with Crippen LogP contribution in [0, 0.1) is 5.82 Å². The molecule has 1 heterocycles. The van der Waals surface area contributed by atoms with Crippen molar-refractivity contribution in [3.8, 4) is 10.6 Å². The van der Waals surface area contributed by atoms with Gasteiger partial charge in [-0.25, -0.2) is 17.8 Å². The van der Waals surface area contributed by atoms with Crippen molar-refractivity contribution in [1.29, 1.82) is 0 Å². The molecule has 3 rings (SSSR count). The van der Waals surface area contributed by atoms with Gasteiger partial charge in [0.25, 0.3) is 0 Å². The summed E-state index contributed by atoms with van der Waals surface area (Å²) in [6, 6.07) is 14.1. The number of guanidine groups is 1. The fourth-order valence-corrected chi connectivity index (χ4v) is 4.53. The average Bonchev–Trinajstić information content (AvgIpc) is 3.19. The molecule has 0 saturated carbocycles. The zero-order valence-corrected chi connectivity index (χ0v) is 18.4. The van der Waals surface area contributed by atoms with Crippen molar-refractivity contribution in [3.63, 3.8) is 0 Å². The summed E-state index contributed by atoms with van der Waals surface area (Å²) in [5.41, 5.74) is 3.09. The van der Waals surface area contributed by atoms with Crippen LogP contribution in [0.5, 0.6) is 0 Å². The molecular formula is C21H23FN4O2S2. The summed E-state index contributed by atoms with van der Waals surface area (Å²) >= 11 is 1.57. The number of aromatic nitrogens is 1. The topological polar surface area (TPSA) is 83.4 Å². The van der Waals surface area contributed by atoms with Gasteiger partial charge in [-0.3, -0.25) is 4.99 Å². The van der Waals surface area contributed by atoms with Gasteiger partial charge in [0.15, 0.2) is 15.8 Å². The number of aliphatic imine (C=N–C) groups is 1. The lowest BCUT2D eigenvalue weighted by Crippen LogP contribution is -2.36. The molecule has 158 valence electrons. The van der Waals surface area contributed by atoms with Gasteiger partial charge in [0, 0.05) is 30.8 Å². The zero-order valence-electron chi connectivity index (χ0n) is 16.7. The number of nitrogens with one attached hydrogen (secondary N) is 2. The summed E-state index contributed by atoms with van der Waals surface area (Å²) in [6.45, 7) is 0.719. The number of sulfone groups is 1. The molecule has 0 aliphatic carbocycles. The van der Waals surface area contributed by atoms with Gasteiger partial charge >= 0.3 is 0 Å². The Hall–Kier alpha value is -2.78. The molecule has 0 spiro atoms. The number of nitrogens with zero attached hydrogens (tertiary/aromatic N) is 2. The van der Waals surface area contributed by atoms with Crippen molar-refractivity contribution in [2.75, 3.05) is 13.3 Å². The lowest BCUT2D eigenvalue weighted by Gasteiger charge is -2.14. The maximum atomic E-state index is 13.7. The predicted octanol–water partition coefficient (Wildman–Crippen LogP) is 3.36. The minimum atomic E-state index is -3.23. The normalized spacial score (nSPS) is 12.0. The van der Waals surface area contributed by atoms with Crippen LogP contribution in [0.15, 0.2) is 58.9 Å². The van der Waals surface area contributed by atoms with Crippen LogP contribution in [0.3, 0.4) is 0 Å². The van der Waals surface area contributed by atoms with Crippen LogP contribution in [-0.4, -0.2) is 32.7 Å². The number of thiazole rings is 1. The van der Waals surface area contributed by atoms with E-state index in [1.165, 1.54) is 18.2 Å². The van der Waals surface area contributed by atoms with Gasteiger partial charge in [-0.2, -0.15) is 0 Å². The Kier molecular flexibility index (Phi) is 7.17. The number of hydrogen-bond donors (Lipinski definition) is 2. The Labute approximate surface area is 179 Å². The summed E-state index contributed by atoms with van der Waals surface area (Å²) in [7, 11) is -1.59. The third kappa shape index (κ3) is 6.36. The van der Waals surface area contributed by atoms with Crippen molar-refractivity contribution in [2.45, 2.75) is 18.8 Å². The average molecular weight is 447 g/mol. The second-order valence-electron chi connectivity index (χ2n) is 6.77. The van der Waals surface area contributed by atoms with E-state index in [-0.39, 0.29) is 12.3 Å². The van der Waals surface area contributed by atoms with Crippen LogP contribution >= 0.6 is 11.3 Å². The van der Waals surface area contributed by atoms with E-state index in [0.717, 1.165) is 22.5 Å². The molecule has 0 fully saturated rings. The highest BCUT2D eigenvalue weighted by Gasteiger charge is 2.11. The van der Waals surface area contributed by atoms with Crippen LogP contribution in [-0.2, 0) is 28.7 Å². The second-order valence-corrected chi connectivity index (χ2v) is 9.77. The number of hydrogen-bond acceptors (Lipinski definition) is 5. The number of halogens is 1. The molecule has 2 N–H and O–H groups in total. The first-order valence-corrected chi connectivity index (χ1v) is 12.2. The lowest BCUT2D eigenvalue weighted by molar-refractivity contribution is 0.599. The third-order valence-corrected chi connectivity index (χ3v) is 6.04. The molecule has 30 heavy (non-hydrogen) atoms. The SMILES string of the molecule is CN=C(NCc1csc(-c2ccccc2)n1)NCc1cc(F)ccc1CS(C)(=O)=O. The Morgan fingerprint density at radius 2 is 1.83 bits per heavy atom. The largest absolute Gasteiger partial charge is 0.352 e. The molecule has 0 atom stereocenters. The summed E-state index contributed by atoms with van der Waals surface area (Å²) < 4.78 is 36.9. The van der Waals surface area contributed by atoms with Crippen molar-refractivity contribution < 1.29 is 12.8 Å². The Morgan fingerprint density at radius 1 is 1.10 bits per heavy atom. The van der Waals surface area contributed by atoms with Gasteiger partial charge in [0.2, 0.25) is 0 Å². The molecule has 0 radical (unpaired) electrons. The fourth-order valence-electron chi connectivity index (χ4n) is 2.86. The molecule has 1 aromatic heterocycles. The molecule has 6 nitrogen and oxygen atoms in total. The van der Waals surface area contributed by atoms with Gasteiger partial charge in [-0.05, 0) is 23.3 Å². The highest BCUT2D eigenvalue weighted by atomic mass is 32.2. The van der Waals surface area contributed by atoms with Gasteiger partial charge in [-0.1, -0.05) is 36.4 Å². The molecule has 3 aromatic rings. The maximum absolute atomic E-state index is 13.7. The molecule has 0 amide bonds. The Morgan fingerprint density at radius 3 is 2.53 bits per heavy atom. The quantitative estimate of drug-likeness (QED) is 0.430. The third-order valence-electron chi connectivity index (χ3n) is 4.27. The fraction of sp³-hybridized carbons (Fsp3) is 0.238. The minimum absolute atomic E-state index is 0.141. The number of rotatable bonds is 7. The van der Waals surface area contributed by atoms with E-state index in [2.05, 4.69) is 20.6 Å². The van der Waals surface area contributed by atoms with Crippen LogP contribution in [0.4, 0.5) is 4.39 Å². The van der Waals surface area contributed by atoms with Crippen molar-refractivity contribution in [2.24, 2.45) is 4.99 Å². The van der Waals surface area contributed by atoms with Crippen LogP contribution in [0.25, 0.3) is 10.6 Å². The molecular weight excluding hydrogens is 423 g/mol. The molecule has 2 aromatic carbocycles. The van der Waals surface area contributed by atoms with E-state index in [1.54, 1.807) is 18.4 Å². The summed E-state index contributed by atoms with van der Waals surface area (Å²) in [6.07, 6.45) is 1.16. The minimum Gasteiger partial charge on any atom is -0.352 e. The van der Waals surface area contributed by atoms with Crippen molar-refractivity contribution in [1.82, 2.24) is 15.6 Å². The van der Waals surface area contributed by atoms with Gasteiger partial charge in [0.1, 0.15) is 10.8 Å². The van der Waals surface area contributed by atoms with Gasteiger partial charge in [-0.15, -0.1) is 11.3 Å². The first-order valence-electron chi connectivity index (χ1n) is 9.23. The molecule has 0 bridgehead atoms. The van der Waals surface area contributed by atoms with Crippen molar-refractivity contribution >= 4 is 27.1 Å². The van der Waals surface area contributed by atoms with Crippen LogP contribution in [0.1, 0.15) is 16.8 Å². The van der Waals surface area contributed by atoms with E-state index in [9.17, 15) is 12.8 Å². The molecule has 0 saturated heterocycles. The first-order chi connectivity index (χ1) is 14.3. The van der Waals surface area contributed by atoms with E-state index < -0.39 is 15.7 Å².